The Morgan fingerprint density at radius 1 is 1.47 bits per heavy atom. The van der Waals surface area contributed by atoms with Gasteiger partial charge in [-0.05, 0) is 20.8 Å². The summed E-state index contributed by atoms with van der Waals surface area (Å²) in [5, 5.41) is 0. The minimum absolute atomic E-state index is 0.235. The van der Waals surface area contributed by atoms with Gasteiger partial charge in [0.15, 0.2) is 5.78 Å². The normalized spacial score (nSPS) is 21.2. The lowest BCUT2D eigenvalue weighted by Crippen LogP contribution is -2.30. The highest BCUT2D eigenvalue weighted by Gasteiger charge is 2.35. The number of esters is 1. The fourth-order valence-electron chi connectivity index (χ4n) is 1.33. The number of hydrogen-bond donors (Lipinski definition) is 0. The number of allylic oxidation sites excluding steroid dienone is 2. The van der Waals surface area contributed by atoms with Gasteiger partial charge in [-0.3, -0.25) is 9.59 Å². The summed E-state index contributed by atoms with van der Waals surface area (Å²) in [6, 6.07) is 0. The number of ketones is 1. The molecule has 0 bridgehead atoms. The summed E-state index contributed by atoms with van der Waals surface area (Å²) in [5.41, 5.74) is -0.562. The second-order valence-electron chi connectivity index (χ2n) is 4.51. The van der Waals surface area contributed by atoms with Crippen molar-refractivity contribution in [1.29, 1.82) is 0 Å². The van der Waals surface area contributed by atoms with Crippen molar-refractivity contribution in [2.24, 2.45) is 5.92 Å². The molecule has 1 unspecified atom stereocenters. The van der Waals surface area contributed by atoms with Crippen molar-refractivity contribution in [1.82, 2.24) is 0 Å². The lowest BCUT2D eigenvalue weighted by atomic mass is 10.1. The van der Waals surface area contributed by atoms with Crippen LogP contribution in [0.2, 0.25) is 0 Å². The lowest BCUT2D eigenvalue weighted by Gasteiger charge is -2.21. The Morgan fingerprint density at radius 2 is 2.07 bits per heavy atom. The highest BCUT2D eigenvalue weighted by molar-refractivity contribution is 6.07. The Labute approximate surface area is 89.2 Å². The van der Waals surface area contributed by atoms with Crippen molar-refractivity contribution in [3.8, 4) is 0 Å². The molecule has 1 aliphatic carbocycles. The first-order valence-corrected chi connectivity index (χ1v) is 4.85. The third kappa shape index (κ3) is 3.08. The standard InChI is InChI=1S/C11H16O4/c1-11(2,3)15-10(13)8-5-7(14-4)6-9(8)12/h6,8H,5H2,1-4H3. The van der Waals surface area contributed by atoms with E-state index in [9.17, 15) is 9.59 Å². The molecule has 0 radical (unpaired) electrons. The molecule has 0 amide bonds. The first-order chi connectivity index (χ1) is 6.83. The quantitative estimate of drug-likeness (QED) is 0.513. The van der Waals surface area contributed by atoms with Gasteiger partial charge in [0.2, 0.25) is 0 Å². The molecule has 1 atom stereocenters. The highest BCUT2D eigenvalue weighted by atomic mass is 16.6. The van der Waals surface area contributed by atoms with E-state index < -0.39 is 17.5 Å². The lowest BCUT2D eigenvalue weighted by molar-refractivity contribution is -0.161. The van der Waals surface area contributed by atoms with Crippen LogP contribution in [0.4, 0.5) is 0 Å². The van der Waals surface area contributed by atoms with Crippen LogP contribution >= 0.6 is 0 Å². The summed E-state index contributed by atoms with van der Waals surface area (Å²) >= 11 is 0. The van der Waals surface area contributed by atoms with Gasteiger partial charge < -0.3 is 9.47 Å². The van der Waals surface area contributed by atoms with E-state index in [1.54, 1.807) is 20.8 Å². The van der Waals surface area contributed by atoms with E-state index in [-0.39, 0.29) is 5.78 Å². The molecule has 0 aromatic rings. The first kappa shape index (κ1) is 11.8. The molecule has 0 aromatic heterocycles. The van der Waals surface area contributed by atoms with Crippen molar-refractivity contribution in [2.45, 2.75) is 32.8 Å². The van der Waals surface area contributed by atoms with Gasteiger partial charge in [0, 0.05) is 12.5 Å². The number of carbonyl (C=O) groups is 2. The molecule has 1 aliphatic rings. The van der Waals surface area contributed by atoms with Crippen LogP contribution in [0.15, 0.2) is 11.8 Å². The fourth-order valence-corrected chi connectivity index (χ4v) is 1.33. The molecule has 0 N–H and O–H groups in total. The maximum absolute atomic E-state index is 11.6. The predicted molar refractivity (Wildman–Crippen MR) is 54.1 cm³/mol. The van der Waals surface area contributed by atoms with Gasteiger partial charge in [-0.25, -0.2) is 0 Å². The molecule has 1 rings (SSSR count). The number of carbonyl (C=O) groups excluding carboxylic acids is 2. The van der Waals surface area contributed by atoms with Crippen molar-refractivity contribution in [3.05, 3.63) is 11.8 Å². The van der Waals surface area contributed by atoms with Gasteiger partial charge in [-0.2, -0.15) is 0 Å². The van der Waals surface area contributed by atoms with Gasteiger partial charge in [0.25, 0.3) is 0 Å². The van der Waals surface area contributed by atoms with Crippen LogP contribution in [0.25, 0.3) is 0 Å². The number of rotatable bonds is 2. The van der Waals surface area contributed by atoms with E-state index in [1.165, 1.54) is 13.2 Å². The molecule has 4 nitrogen and oxygen atoms in total. The number of hydrogen-bond acceptors (Lipinski definition) is 4. The number of ether oxygens (including phenoxy) is 2. The minimum Gasteiger partial charge on any atom is -0.501 e. The van der Waals surface area contributed by atoms with Crippen LogP contribution in [0.5, 0.6) is 0 Å². The smallest absolute Gasteiger partial charge is 0.317 e. The Morgan fingerprint density at radius 3 is 2.47 bits per heavy atom. The molecule has 0 aromatic carbocycles. The summed E-state index contributed by atoms with van der Waals surface area (Å²) in [5.74, 6) is -0.896. The van der Waals surface area contributed by atoms with Gasteiger partial charge in [-0.15, -0.1) is 0 Å². The Bertz CT molecular complexity index is 309. The van der Waals surface area contributed by atoms with Gasteiger partial charge in [-0.1, -0.05) is 0 Å². The van der Waals surface area contributed by atoms with Gasteiger partial charge in [0.05, 0.1) is 7.11 Å². The molecule has 84 valence electrons. The summed E-state index contributed by atoms with van der Waals surface area (Å²) in [6.45, 7) is 5.32. The van der Waals surface area contributed by atoms with E-state index in [2.05, 4.69) is 0 Å². The van der Waals surface area contributed by atoms with Gasteiger partial charge in [0.1, 0.15) is 17.3 Å². The van der Waals surface area contributed by atoms with Crippen molar-refractivity contribution >= 4 is 11.8 Å². The Hall–Kier alpha value is -1.32. The molecule has 0 aliphatic heterocycles. The molecular formula is C11H16O4. The summed E-state index contributed by atoms with van der Waals surface area (Å²) in [7, 11) is 1.48. The molecule has 0 spiro atoms. The van der Waals surface area contributed by atoms with Crippen LogP contribution in [0.3, 0.4) is 0 Å². The number of methoxy groups -OCH3 is 1. The molecule has 0 fully saturated rings. The highest BCUT2D eigenvalue weighted by Crippen LogP contribution is 2.25. The molecule has 15 heavy (non-hydrogen) atoms. The molecule has 0 heterocycles. The first-order valence-electron chi connectivity index (χ1n) is 4.85. The average Bonchev–Trinajstić information content (AvgIpc) is 2.43. The van der Waals surface area contributed by atoms with Crippen molar-refractivity contribution in [3.63, 3.8) is 0 Å². The molecular weight excluding hydrogens is 196 g/mol. The van der Waals surface area contributed by atoms with Crippen molar-refractivity contribution < 1.29 is 19.1 Å². The second-order valence-corrected chi connectivity index (χ2v) is 4.51. The van der Waals surface area contributed by atoms with E-state index in [4.69, 9.17) is 9.47 Å². The Balaban J connectivity index is 2.62. The Kier molecular flexibility index (Phi) is 3.17. The van der Waals surface area contributed by atoms with E-state index >= 15 is 0 Å². The largest absolute Gasteiger partial charge is 0.501 e. The van der Waals surface area contributed by atoms with Crippen LogP contribution in [0, 0.1) is 5.92 Å². The monoisotopic (exact) mass is 212 g/mol. The van der Waals surface area contributed by atoms with E-state index in [0.29, 0.717) is 12.2 Å². The van der Waals surface area contributed by atoms with Gasteiger partial charge >= 0.3 is 5.97 Å². The van der Waals surface area contributed by atoms with Crippen LogP contribution < -0.4 is 0 Å². The topological polar surface area (TPSA) is 52.6 Å². The van der Waals surface area contributed by atoms with Crippen molar-refractivity contribution in [2.75, 3.05) is 7.11 Å². The maximum atomic E-state index is 11.6. The average molecular weight is 212 g/mol. The molecule has 0 saturated carbocycles. The van der Waals surface area contributed by atoms with E-state index in [1.807, 2.05) is 0 Å². The third-order valence-electron chi connectivity index (χ3n) is 2.01. The predicted octanol–water partition coefficient (Wildman–Crippen LogP) is 1.45. The minimum atomic E-state index is -0.723. The molecule has 4 heteroatoms. The zero-order chi connectivity index (χ0) is 11.6. The van der Waals surface area contributed by atoms with Crippen LogP contribution in [-0.2, 0) is 19.1 Å². The second kappa shape index (κ2) is 4.04. The summed E-state index contributed by atoms with van der Waals surface area (Å²) in [4.78, 5) is 23.0. The maximum Gasteiger partial charge on any atom is 0.317 e. The van der Waals surface area contributed by atoms with E-state index in [0.717, 1.165) is 0 Å². The summed E-state index contributed by atoms with van der Waals surface area (Å²) in [6.07, 6.45) is 1.67. The zero-order valence-corrected chi connectivity index (χ0v) is 9.49. The van der Waals surface area contributed by atoms with Crippen LogP contribution in [0.1, 0.15) is 27.2 Å². The zero-order valence-electron chi connectivity index (χ0n) is 9.49. The molecule has 0 saturated heterocycles. The SMILES string of the molecule is COC1=CC(=O)C(C(=O)OC(C)(C)C)C1. The fraction of sp³-hybridized carbons (Fsp3) is 0.636. The van der Waals surface area contributed by atoms with Crippen LogP contribution in [-0.4, -0.2) is 24.5 Å². The summed E-state index contributed by atoms with van der Waals surface area (Å²) < 4.78 is 10.1. The third-order valence-corrected chi connectivity index (χ3v) is 2.01.